The Balaban J connectivity index is 1.03. The predicted molar refractivity (Wildman–Crippen MR) is 135 cm³/mol. The van der Waals surface area contributed by atoms with Crippen molar-refractivity contribution in [3.8, 4) is 0 Å². The van der Waals surface area contributed by atoms with E-state index in [4.69, 9.17) is 14.6 Å². The Bertz CT molecular complexity index is 983. The number of carbonyl (C=O) groups is 1. The number of piperidine rings is 1. The molecule has 8 nitrogen and oxygen atoms in total. The molecule has 5 fully saturated rings. The van der Waals surface area contributed by atoms with Crippen molar-refractivity contribution >= 4 is 11.9 Å². The molecule has 1 aromatic rings. The predicted octanol–water partition coefficient (Wildman–Crippen LogP) is 3.84. The Hall–Kier alpha value is -1.80. The van der Waals surface area contributed by atoms with Gasteiger partial charge in [0.2, 0.25) is 0 Å². The molecule has 0 radical (unpaired) electrons. The molecule has 1 aromatic heterocycles. The molecule has 194 valence electrons. The first-order valence-corrected chi connectivity index (χ1v) is 13.6. The van der Waals surface area contributed by atoms with E-state index in [0.29, 0.717) is 18.2 Å². The van der Waals surface area contributed by atoms with Gasteiger partial charge in [0.25, 0.3) is 0 Å². The lowest BCUT2D eigenvalue weighted by Gasteiger charge is -2.58. The number of amides is 1. The summed E-state index contributed by atoms with van der Waals surface area (Å²) in [5.74, 6) is 1.89. The van der Waals surface area contributed by atoms with Gasteiger partial charge in [-0.15, -0.1) is 0 Å². The van der Waals surface area contributed by atoms with Crippen LogP contribution in [0.5, 0.6) is 0 Å². The Morgan fingerprint density at radius 2 is 1.97 bits per heavy atom. The summed E-state index contributed by atoms with van der Waals surface area (Å²) >= 11 is 0. The smallest absolute Gasteiger partial charge is 0.410 e. The SMILES string of the molecule is Cc1cc(N2CCC(CN3CC4OCC43)CC2(C)C)nn1C1CC2(C1)CN(C(=O)OC(C)(C)C)C2. The highest BCUT2D eigenvalue weighted by molar-refractivity contribution is 5.69. The van der Waals surface area contributed by atoms with E-state index in [1.165, 1.54) is 25.1 Å². The van der Waals surface area contributed by atoms with Gasteiger partial charge in [-0.25, -0.2) is 4.79 Å². The van der Waals surface area contributed by atoms with Crippen LogP contribution >= 0.6 is 0 Å². The van der Waals surface area contributed by atoms with Gasteiger partial charge in [0, 0.05) is 55.4 Å². The molecule has 1 saturated carbocycles. The molecule has 1 spiro atoms. The summed E-state index contributed by atoms with van der Waals surface area (Å²) in [4.78, 5) is 19.4. The molecule has 0 N–H and O–H groups in total. The summed E-state index contributed by atoms with van der Waals surface area (Å²) < 4.78 is 13.4. The van der Waals surface area contributed by atoms with Gasteiger partial charge >= 0.3 is 6.09 Å². The minimum absolute atomic E-state index is 0.109. The van der Waals surface area contributed by atoms with Crippen molar-refractivity contribution in [1.29, 1.82) is 0 Å². The van der Waals surface area contributed by atoms with Crippen molar-refractivity contribution in [1.82, 2.24) is 19.6 Å². The summed E-state index contributed by atoms with van der Waals surface area (Å²) in [7, 11) is 0. The van der Waals surface area contributed by atoms with Gasteiger partial charge in [0.05, 0.1) is 24.8 Å². The molecule has 1 aliphatic carbocycles. The third kappa shape index (κ3) is 4.14. The Morgan fingerprint density at radius 3 is 2.54 bits per heavy atom. The number of nitrogens with zero attached hydrogens (tertiary/aromatic N) is 5. The molecule has 4 aliphatic heterocycles. The molecule has 5 aliphatic rings. The molecular formula is C27H43N5O3. The Labute approximate surface area is 209 Å². The number of rotatable bonds is 4. The summed E-state index contributed by atoms with van der Waals surface area (Å²) in [6.07, 6.45) is 4.99. The summed E-state index contributed by atoms with van der Waals surface area (Å²) in [5, 5.41) is 5.13. The number of aryl methyl sites for hydroxylation is 1. The van der Waals surface area contributed by atoms with Crippen LogP contribution in [0.15, 0.2) is 6.07 Å². The Morgan fingerprint density at radius 1 is 1.23 bits per heavy atom. The molecule has 5 heterocycles. The summed E-state index contributed by atoms with van der Waals surface area (Å²) in [6, 6.07) is 3.42. The number of aromatic nitrogens is 2. The standard InChI is InChI=1S/C27H43N5O3/c1-18-9-23(31-8-7-19(10-26(31,5)6)13-29-14-22-21(29)15-34-22)28-32(18)20-11-27(12-20)16-30(17-27)24(33)35-25(2,3)4/h9,19-22H,7-8,10-17H2,1-6H3. The van der Waals surface area contributed by atoms with Crippen molar-refractivity contribution in [3.05, 3.63) is 11.8 Å². The first-order chi connectivity index (χ1) is 16.4. The van der Waals surface area contributed by atoms with Gasteiger partial charge in [-0.05, 0) is 73.1 Å². The third-order valence-electron chi connectivity index (χ3n) is 9.14. The second-order valence-electron chi connectivity index (χ2n) is 13.7. The fourth-order valence-electron chi connectivity index (χ4n) is 7.28. The highest BCUT2D eigenvalue weighted by atomic mass is 16.6. The van der Waals surface area contributed by atoms with E-state index in [9.17, 15) is 4.79 Å². The van der Waals surface area contributed by atoms with E-state index in [1.54, 1.807) is 0 Å². The lowest BCUT2D eigenvalue weighted by molar-refractivity contribution is -0.217. The molecule has 35 heavy (non-hydrogen) atoms. The van der Waals surface area contributed by atoms with E-state index in [-0.39, 0.29) is 17.0 Å². The van der Waals surface area contributed by atoms with Gasteiger partial charge in [-0.3, -0.25) is 9.58 Å². The molecular weight excluding hydrogens is 442 g/mol. The number of carbonyl (C=O) groups excluding carboxylic acids is 1. The largest absolute Gasteiger partial charge is 0.444 e. The topological polar surface area (TPSA) is 63.1 Å². The number of hydrogen-bond acceptors (Lipinski definition) is 6. The van der Waals surface area contributed by atoms with E-state index in [2.05, 4.69) is 41.3 Å². The molecule has 3 unspecified atom stereocenters. The van der Waals surface area contributed by atoms with Gasteiger partial charge in [0.1, 0.15) is 5.60 Å². The maximum Gasteiger partial charge on any atom is 0.410 e. The van der Waals surface area contributed by atoms with Gasteiger partial charge in [0.15, 0.2) is 5.82 Å². The number of morpholine rings is 1. The number of likely N-dealkylation sites (tertiary alicyclic amines) is 2. The van der Waals surface area contributed by atoms with Crippen molar-refractivity contribution in [2.45, 2.75) is 96.6 Å². The number of hydrogen-bond donors (Lipinski definition) is 0. The monoisotopic (exact) mass is 485 g/mol. The van der Waals surface area contributed by atoms with E-state index >= 15 is 0 Å². The minimum atomic E-state index is -0.434. The molecule has 6 rings (SSSR count). The summed E-state index contributed by atoms with van der Waals surface area (Å²) in [6.45, 7) is 18.7. The van der Waals surface area contributed by atoms with E-state index < -0.39 is 5.60 Å². The average molecular weight is 486 g/mol. The fourth-order valence-corrected chi connectivity index (χ4v) is 7.28. The zero-order valence-electron chi connectivity index (χ0n) is 22.4. The van der Waals surface area contributed by atoms with Crippen LogP contribution < -0.4 is 4.90 Å². The van der Waals surface area contributed by atoms with E-state index in [0.717, 1.165) is 57.4 Å². The lowest BCUT2D eigenvalue weighted by Crippen LogP contribution is -2.71. The quantitative estimate of drug-likeness (QED) is 0.646. The van der Waals surface area contributed by atoms with Crippen LogP contribution in [0.4, 0.5) is 10.6 Å². The second kappa shape index (κ2) is 7.85. The van der Waals surface area contributed by atoms with Gasteiger partial charge in [-0.2, -0.15) is 5.10 Å². The maximum absolute atomic E-state index is 12.3. The first-order valence-electron chi connectivity index (χ1n) is 13.6. The van der Waals surface area contributed by atoms with E-state index in [1.807, 2.05) is 25.7 Å². The summed E-state index contributed by atoms with van der Waals surface area (Å²) in [5.41, 5.74) is 1.19. The second-order valence-corrected chi connectivity index (χ2v) is 13.7. The highest BCUT2D eigenvalue weighted by Crippen LogP contribution is 2.54. The first kappa shape index (κ1) is 23.6. The van der Waals surface area contributed by atoms with Crippen LogP contribution in [0.1, 0.15) is 72.0 Å². The molecule has 4 saturated heterocycles. The third-order valence-corrected chi connectivity index (χ3v) is 9.14. The lowest BCUT2D eigenvalue weighted by atomic mass is 9.61. The molecule has 8 heteroatoms. The van der Waals surface area contributed by atoms with Gasteiger partial charge < -0.3 is 19.3 Å². The van der Waals surface area contributed by atoms with Crippen LogP contribution in [0.3, 0.4) is 0 Å². The van der Waals surface area contributed by atoms with Crippen molar-refractivity contribution in [2.24, 2.45) is 11.3 Å². The zero-order valence-corrected chi connectivity index (χ0v) is 22.4. The molecule has 0 bridgehead atoms. The Kier molecular flexibility index (Phi) is 5.29. The minimum Gasteiger partial charge on any atom is -0.444 e. The fraction of sp³-hybridized carbons (Fsp3) is 0.852. The highest BCUT2D eigenvalue weighted by Gasteiger charge is 2.55. The van der Waals surface area contributed by atoms with Crippen LogP contribution in [-0.2, 0) is 9.47 Å². The maximum atomic E-state index is 12.3. The van der Waals surface area contributed by atoms with Crippen LogP contribution in [0.25, 0.3) is 0 Å². The number of anilines is 1. The molecule has 3 atom stereocenters. The van der Waals surface area contributed by atoms with Crippen molar-refractivity contribution in [2.75, 3.05) is 44.2 Å². The van der Waals surface area contributed by atoms with Crippen molar-refractivity contribution in [3.63, 3.8) is 0 Å². The molecule has 1 amide bonds. The van der Waals surface area contributed by atoms with Crippen LogP contribution in [0, 0.1) is 18.3 Å². The van der Waals surface area contributed by atoms with Crippen LogP contribution in [-0.4, -0.2) is 88.3 Å². The normalized spacial score (nSPS) is 31.8. The zero-order chi connectivity index (χ0) is 24.8. The van der Waals surface area contributed by atoms with Crippen molar-refractivity contribution < 1.29 is 14.3 Å². The molecule has 0 aromatic carbocycles. The number of ether oxygens (including phenoxy) is 2. The van der Waals surface area contributed by atoms with Gasteiger partial charge in [-0.1, -0.05) is 0 Å². The number of fused-ring (bicyclic) bond motifs is 1. The van der Waals surface area contributed by atoms with Crippen LogP contribution in [0.2, 0.25) is 0 Å². The average Bonchev–Trinajstić information content (AvgIpc) is 3.02.